The van der Waals surface area contributed by atoms with E-state index in [0.29, 0.717) is 5.75 Å². The summed E-state index contributed by atoms with van der Waals surface area (Å²) in [5.74, 6) is 0.449. The van der Waals surface area contributed by atoms with Gasteiger partial charge >= 0.3 is 5.97 Å². The Morgan fingerprint density at radius 3 is 2.67 bits per heavy atom. The Bertz CT molecular complexity index is 369. The lowest BCUT2D eigenvalue weighted by Crippen LogP contribution is -2.04. The maximum Gasteiger partial charge on any atom is 0.309 e. The molecule has 1 rings (SSSR count). The van der Waals surface area contributed by atoms with E-state index in [9.17, 15) is 4.79 Å². The third-order valence-electron chi connectivity index (χ3n) is 2.04. The van der Waals surface area contributed by atoms with Crippen LogP contribution in [0.5, 0.6) is 5.75 Å². The van der Waals surface area contributed by atoms with Crippen LogP contribution in [0.2, 0.25) is 0 Å². The van der Waals surface area contributed by atoms with E-state index < -0.39 is 0 Å². The molecule has 0 bridgehead atoms. The predicted octanol–water partition coefficient (Wildman–Crippen LogP) is 2.05. The number of methoxy groups -OCH3 is 2. The second-order valence-corrected chi connectivity index (χ2v) is 3.07. The van der Waals surface area contributed by atoms with Crippen molar-refractivity contribution in [2.45, 2.75) is 6.42 Å². The highest BCUT2D eigenvalue weighted by Crippen LogP contribution is 2.18. The van der Waals surface area contributed by atoms with Crippen LogP contribution in [0.15, 0.2) is 24.8 Å². The van der Waals surface area contributed by atoms with E-state index in [1.807, 2.05) is 18.2 Å². The summed E-state index contributed by atoms with van der Waals surface area (Å²) in [6.45, 7) is 3.68. The van der Waals surface area contributed by atoms with E-state index >= 15 is 0 Å². The maximum absolute atomic E-state index is 11.1. The monoisotopic (exact) mass is 206 g/mol. The van der Waals surface area contributed by atoms with Gasteiger partial charge in [0.2, 0.25) is 0 Å². The Kier molecular flexibility index (Phi) is 3.92. The van der Waals surface area contributed by atoms with Crippen molar-refractivity contribution in [1.29, 1.82) is 0 Å². The normalized spacial score (nSPS) is 9.47. The van der Waals surface area contributed by atoms with Gasteiger partial charge in [-0.25, -0.2) is 0 Å². The zero-order chi connectivity index (χ0) is 11.3. The highest BCUT2D eigenvalue weighted by atomic mass is 16.5. The molecular formula is C12H14O3. The molecule has 0 spiro atoms. The molecule has 0 heterocycles. The molecule has 1 aromatic rings. The minimum atomic E-state index is -0.265. The van der Waals surface area contributed by atoms with E-state index in [1.54, 1.807) is 13.2 Å². The van der Waals surface area contributed by atoms with Gasteiger partial charge in [0.15, 0.2) is 0 Å². The topological polar surface area (TPSA) is 35.5 Å². The smallest absolute Gasteiger partial charge is 0.309 e. The molecule has 0 aliphatic carbocycles. The third-order valence-corrected chi connectivity index (χ3v) is 2.04. The largest absolute Gasteiger partial charge is 0.497 e. The number of benzene rings is 1. The Hall–Kier alpha value is -1.77. The van der Waals surface area contributed by atoms with Crippen LogP contribution in [-0.4, -0.2) is 20.2 Å². The van der Waals surface area contributed by atoms with Crippen LogP contribution in [0.25, 0.3) is 6.08 Å². The van der Waals surface area contributed by atoms with Gasteiger partial charge in [0.25, 0.3) is 0 Å². The molecule has 1 aromatic carbocycles. The van der Waals surface area contributed by atoms with Gasteiger partial charge < -0.3 is 9.47 Å². The lowest BCUT2D eigenvalue weighted by atomic mass is 10.1. The second kappa shape index (κ2) is 5.20. The van der Waals surface area contributed by atoms with Crippen molar-refractivity contribution in [1.82, 2.24) is 0 Å². The molecule has 0 fully saturated rings. The average Bonchev–Trinajstić information content (AvgIpc) is 2.28. The first-order chi connectivity index (χ1) is 7.19. The van der Waals surface area contributed by atoms with E-state index in [4.69, 9.17) is 4.74 Å². The molecule has 0 unspecified atom stereocenters. The van der Waals surface area contributed by atoms with Crippen LogP contribution in [0.3, 0.4) is 0 Å². The van der Waals surface area contributed by atoms with Gasteiger partial charge in [0, 0.05) is 0 Å². The molecule has 3 nitrogen and oxygen atoms in total. The lowest BCUT2D eigenvalue weighted by Gasteiger charge is -2.05. The van der Waals surface area contributed by atoms with Crippen molar-refractivity contribution < 1.29 is 14.3 Å². The van der Waals surface area contributed by atoms with E-state index in [1.165, 1.54) is 7.11 Å². The molecule has 0 radical (unpaired) electrons. The van der Waals surface area contributed by atoms with Crippen LogP contribution >= 0.6 is 0 Å². The average molecular weight is 206 g/mol. The van der Waals surface area contributed by atoms with Crippen molar-refractivity contribution in [2.24, 2.45) is 0 Å². The summed E-state index contributed by atoms with van der Waals surface area (Å²) >= 11 is 0. The van der Waals surface area contributed by atoms with Gasteiger partial charge in [-0.3, -0.25) is 4.79 Å². The highest BCUT2D eigenvalue weighted by Gasteiger charge is 2.05. The number of carbonyl (C=O) groups excluding carboxylic acids is 1. The number of hydrogen-bond donors (Lipinski definition) is 0. The Labute approximate surface area is 89.3 Å². The third kappa shape index (κ3) is 3.13. The quantitative estimate of drug-likeness (QED) is 0.707. The van der Waals surface area contributed by atoms with Crippen molar-refractivity contribution in [3.63, 3.8) is 0 Å². The van der Waals surface area contributed by atoms with Gasteiger partial charge in [0.05, 0.1) is 20.6 Å². The van der Waals surface area contributed by atoms with Crippen LogP contribution < -0.4 is 4.74 Å². The van der Waals surface area contributed by atoms with E-state index in [0.717, 1.165) is 11.1 Å². The first kappa shape index (κ1) is 11.3. The van der Waals surface area contributed by atoms with Crippen molar-refractivity contribution >= 4 is 12.0 Å². The zero-order valence-electron chi connectivity index (χ0n) is 8.95. The summed E-state index contributed by atoms with van der Waals surface area (Å²) in [6, 6.07) is 5.55. The summed E-state index contributed by atoms with van der Waals surface area (Å²) in [5.41, 5.74) is 1.78. The van der Waals surface area contributed by atoms with Crippen molar-refractivity contribution in [3.05, 3.63) is 35.9 Å². The molecule has 0 N–H and O–H groups in total. The fourth-order valence-corrected chi connectivity index (χ4v) is 1.26. The summed E-state index contributed by atoms with van der Waals surface area (Å²) in [5, 5.41) is 0. The first-order valence-corrected chi connectivity index (χ1v) is 4.56. The molecule has 15 heavy (non-hydrogen) atoms. The number of rotatable bonds is 4. The molecular weight excluding hydrogens is 192 g/mol. The van der Waals surface area contributed by atoms with Gasteiger partial charge in [-0.1, -0.05) is 18.7 Å². The fourth-order valence-electron chi connectivity index (χ4n) is 1.26. The SMILES string of the molecule is C=Cc1cc(CC(=O)OC)cc(OC)c1. The minimum Gasteiger partial charge on any atom is -0.497 e. The summed E-state index contributed by atoms with van der Waals surface area (Å²) in [6.07, 6.45) is 1.96. The van der Waals surface area contributed by atoms with Gasteiger partial charge in [-0.15, -0.1) is 0 Å². The zero-order valence-corrected chi connectivity index (χ0v) is 8.95. The van der Waals surface area contributed by atoms with Crippen molar-refractivity contribution in [2.75, 3.05) is 14.2 Å². The van der Waals surface area contributed by atoms with Crippen LogP contribution in [-0.2, 0) is 16.0 Å². The number of carbonyl (C=O) groups is 1. The van der Waals surface area contributed by atoms with Crippen LogP contribution in [0, 0.1) is 0 Å². The molecule has 0 aromatic heterocycles. The highest BCUT2D eigenvalue weighted by molar-refractivity contribution is 5.73. The van der Waals surface area contributed by atoms with Crippen molar-refractivity contribution in [3.8, 4) is 5.75 Å². The Morgan fingerprint density at radius 1 is 1.40 bits per heavy atom. The molecule has 80 valence electrons. The van der Waals surface area contributed by atoms with Crippen LogP contribution in [0.4, 0.5) is 0 Å². The summed E-state index contributed by atoms with van der Waals surface area (Å²) < 4.78 is 9.71. The molecule has 0 saturated carbocycles. The van der Waals surface area contributed by atoms with Crippen LogP contribution in [0.1, 0.15) is 11.1 Å². The first-order valence-electron chi connectivity index (χ1n) is 4.56. The van der Waals surface area contributed by atoms with Gasteiger partial charge in [-0.05, 0) is 23.3 Å². The van der Waals surface area contributed by atoms with Gasteiger partial charge in [0.1, 0.15) is 5.75 Å². The fraction of sp³-hybridized carbons (Fsp3) is 0.250. The molecule has 0 aliphatic heterocycles. The number of hydrogen-bond acceptors (Lipinski definition) is 3. The molecule has 3 heteroatoms. The molecule has 0 atom stereocenters. The number of ether oxygens (including phenoxy) is 2. The molecule has 0 aliphatic rings. The standard InChI is InChI=1S/C12H14O3/c1-4-9-5-10(8-12(13)15-3)7-11(6-9)14-2/h4-7H,1,8H2,2-3H3. The Morgan fingerprint density at radius 2 is 2.13 bits per heavy atom. The molecule has 0 saturated heterocycles. The maximum atomic E-state index is 11.1. The minimum absolute atomic E-state index is 0.245. The number of esters is 1. The van der Waals surface area contributed by atoms with E-state index in [2.05, 4.69) is 11.3 Å². The second-order valence-electron chi connectivity index (χ2n) is 3.07. The Balaban J connectivity index is 2.96. The summed E-state index contributed by atoms with van der Waals surface area (Å²) in [7, 11) is 2.96. The summed E-state index contributed by atoms with van der Waals surface area (Å²) in [4.78, 5) is 11.1. The lowest BCUT2D eigenvalue weighted by molar-refractivity contribution is -0.139. The van der Waals surface area contributed by atoms with Gasteiger partial charge in [-0.2, -0.15) is 0 Å². The van der Waals surface area contributed by atoms with E-state index in [-0.39, 0.29) is 12.4 Å². The molecule has 0 amide bonds. The predicted molar refractivity (Wildman–Crippen MR) is 58.8 cm³/mol.